The molecule has 5 heteroatoms. The predicted molar refractivity (Wildman–Crippen MR) is 74.0 cm³/mol. The summed E-state index contributed by atoms with van der Waals surface area (Å²) in [6.45, 7) is 5.66. The minimum absolute atomic E-state index is 0.0866. The molecule has 0 radical (unpaired) electrons. The number of esters is 1. The van der Waals surface area contributed by atoms with Crippen LogP contribution in [0, 0.1) is 12.8 Å². The molecule has 5 nitrogen and oxygen atoms in total. The van der Waals surface area contributed by atoms with Crippen LogP contribution in [0.3, 0.4) is 0 Å². The number of carbonyl (C=O) groups excluding carboxylic acids is 2. The summed E-state index contributed by atoms with van der Waals surface area (Å²) in [5.41, 5.74) is 7.25. The quantitative estimate of drug-likeness (QED) is 0.793. The Hall–Kier alpha value is -2.04. The molecule has 19 heavy (non-hydrogen) atoms. The minimum atomic E-state index is -0.461. The van der Waals surface area contributed by atoms with Crippen molar-refractivity contribution < 1.29 is 14.3 Å². The van der Waals surface area contributed by atoms with E-state index in [0.717, 1.165) is 11.3 Å². The topological polar surface area (TPSA) is 81.4 Å². The molecule has 3 N–H and O–H groups in total. The summed E-state index contributed by atoms with van der Waals surface area (Å²) in [5.74, 6) is -0.687. The van der Waals surface area contributed by atoms with Crippen molar-refractivity contribution >= 4 is 17.6 Å². The van der Waals surface area contributed by atoms with Gasteiger partial charge in [-0.2, -0.15) is 0 Å². The van der Waals surface area contributed by atoms with Gasteiger partial charge in [-0.3, -0.25) is 4.79 Å². The van der Waals surface area contributed by atoms with Crippen LogP contribution in [0.1, 0.15) is 29.8 Å². The van der Waals surface area contributed by atoms with Gasteiger partial charge in [0.05, 0.1) is 7.11 Å². The van der Waals surface area contributed by atoms with Gasteiger partial charge in [0, 0.05) is 11.3 Å². The van der Waals surface area contributed by atoms with Gasteiger partial charge in [0.2, 0.25) is 5.91 Å². The molecule has 1 atom stereocenters. The van der Waals surface area contributed by atoms with Crippen LogP contribution in [0.5, 0.6) is 0 Å². The van der Waals surface area contributed by atoms with Gasteiger partial charge < -0.3 is 15.8 Å². The highest BCUT2D eigenvalue weighted by Crippen LogP contribution is 2.18. The molecule has 0 saturated carbocycles. The highest BCUT2D eigenvalue weighted by atomic mass is 16.5. The Labute approximate surface area is 113 Å². The largest absolute Gasteiger partial charge is 0.467 e. The molecule has 0 saturated heterocycles. The minimum Gasteiger partial charge on any atom is -0.467 e. The Morgan fingerprint density at radius 2 is 1.95 bits per heavy atom. The lowest BCUT2D eigenvalue weighted by atomic mass is 10.0. The van der Waals surface area contributed by atoms with Crippen LogP contribution in [-0.2, 0) is 9.53 Å². The molecule has 1 unspecified atom stereocenters. The molecule has 0 spiro atoms. The molecular formula is C14H20N2O3. The third-order valence-corrected chi connectivity index (χ3v) is 2.94. The summed E-state index contributed by atoms with van der Waals surface area (Å²) >= 11 is 0. The summed E-state index contributed by atoms with van der Waals surface area (Å²) in [6, 6.07) is 4.74. The van der Waals surface area contributed by atoms with Crippen LogP contribution < -0.4 is 11.1 Å². The predicted octanol–water partition coefficient (Wildman–Crippen LogP) is 1.70. The van der Waals surface area contributed by atoms with Crippen molar-refractivity contribution in [2.75, 3.05) is 12.4 Å². The van der Waals surface area contributed by atoms with Gasteiger partial charge in [-0.05, 0) is 36.6 Å². The van der Waals surface area contributed by atoms with Crippen LogP contribution in [0.15, 0.2) is 18.2 Å². The van der Waals surface area contributed by atoms with E-state index in [2.05, 4.69) is 5.32 Å². The third-order valence-electron chi connectivity index (χ3n) is 2.94. The van der Waals surface area contributed by atoms with Crippen LogP contribution in [0.4, 0.5) is 5.69 Å². The first kappa shape index (κ1) is 15.0. The summed E-state index contributed by atoms with van der Waals surface area (Å²) in [5, 5.41) is 3.11. The first-order valence-electron chi connectivity index (χ1n) is 6.11. The van der Waals surface area contributed by atoms with Gasteiger partial charge in [-0.1, -0.05) is 13.8 Å². The van der Waals surface area contributed by atoms with Gasteiger partial charge in [-0.15, -0.1) is 0 Å². The van der Waals surface area contributed by atoms with Crippen molar-refractivity contribution in [3.8, 4) is 0 Å². The van der Waals surface area contributed by atoms with E-state index < -0.39 is 11.9 Å². The fraction of sp³-hybridized carbons (Fsp3) is 0.429. The Morgan fingerprint density at radius 3 is 2.37 bits per heavy atom. The summed E-state index contributed by atoms with van der Waals surface area (Å²) < 4.78 is 4.76. The molecule has 0 aliphatic rings. The van der Waals surface area contributed by atoms with Gasteiger partial charge >= 0.3 is 5.97 Å². The molecule has 0 aliphatic carbocycles. The number of carbonyl (C=O) groups is 2. The summed E-state index contributed by atoms with van der Waals surface area (Å²) in [4.78, 5) is 22.8. The molecule has 0 aliphatic heterocycles. The highest BCUT2D eigenvalue weighted by Gasteiger charge is 2.22. The number of ether oxygens (including phenoxy) is 1. The van der Waals surface area contributed by atoms with E-state index in [0.29, 0.717) is 5.56 Å². The molecule has 0 heterocycles. The van der Waals surface area contributed by atoms with E-state index in [-0.39, 0.29) is 11.9 Å². The zero-order valence-electron chi connectivity index (χ0n) is 11.7. The number of rotatable bonds is 5. The number of hydrogen-bond acceptors (Lipinski definition) is 4. The van der Waals surface area contributed by atoms with Crippen molar-refractivity contribution in [2.45, 2.75) is 26.8 Å². The SMILES string of the molecule is COC(=O)C(Nc1ccc(C(N)=O)c(C)c1)C(C)C. The number of nitrogens with two attached hydrogens (primary N) is 1. The van der Waals surface area contributed by atoms with Gasteiger partial charge in [0.15, 0.2) is 0 Å². The molecule has 1 aromatic rings. The van der Waals surface area contributed by atoms with Crippen molar-refractivity contribution in [2.24, 2.45) is 11.7 Å². The van der Waals surface area contributed by atoms with E-state index in [4.69, 9.17) is 10.5 Å². The molecule has 0 fully saturated rings. The van der Waals surface area contributed by atoms with E-state index in [1.165, 1.54) is 7.11 Å². The number of benzene rings is 1. The van der Waals surface area contributed by atoms with Crippen LogP contribution in [0.25, 0.3) is 0 Å². The lowest BCUT2D eigenvalue weighted by molar-refractivity contribution is -0.142. The first-order valence-corrected chi connectivity index (χ1v) is 6.11. The maximum absolute atomic E-state index is 11.7. The number of anilines is 1. The first-order chi connectivity index (χ1) is 8.86. The van der Waals surface area contributed by atoms with Crippen molar-refractivity contribution in [1.29, 1.82) is 0 Å². The normalized spacial score (nSPS) is 12.1. The van der Waals surface area contributed by atoms with Gasteiger partial charge in [0.1, 0.15) is 6.04 Å². The second kappa shape index (κ2) is 6.22. The molecule has 104 valence electrons. The monoisotopic (exact) mass is 264 g/mol. The second-order valence-electron chi connectivity index (χ2n) is 4.78. The van der Waals surface area contributed by atoms with Gasteiger partial charge in [-0.25, -0.2) is 4.79 Å². The maximum atomic E-state index is 11.7. The molecule has 1 rings (SSSR count). The Kier molecular flexibility index (Phi) is 4.92. The maximum Gasteiger partial charge on any atom is 0.328 e. The highest BCUT2D eigenvalue weighted by molar-refractivity contribution is 5.94. The van der Waals surface area contributed by atoms with E-state index in [9.17, 15) is 9.59 Å². The van der Waals surface area contributed by atoms with Crippen LogP contribution >= 0.6 is 0 Å². The average molecular weight is 264 g/mol. The fourth-order valence-electron chi connectivity index (χ4n) is 1.83. The fourth-order valence-corrected chi connectivity index (χ4v) is 1.83. The average Bonchev–Trinajstić information content (AvgIpc) is 2.34. The lowest BCUT2D eigenvalue weighted by Gasteiger charge is -2.21. The van der Waals surface area contributed by atoms with E-state index in [1.807, 2.05) is 13.8 Å². The zero-order valence-corrected chi connectivity index (χ0v) is 11.7. The number of primary amides is 1. The molecule has 0 bridgehead atoms. The third kappa shape index (κ3) is 3.71. The molecular weight excluding hydrogens is 244 g/mol. The Bertz CT molecular complexity index is 484. The lowest BCUT2D eigenvalue weighted by Crippen LogP contribution is -2.35. The molecule has 1 aromatic carbocycles. The van der Waals surface area contributed by atoms with Crippen LogP contribution in [0.2, 0.25) is 0 Å². The Morgan fingerprint density at radius 1 is 1.32 bits per heavy atom. The molecule has 1 amide bonds. The Balaban J connectivity index is 2.95. The van der Waals surface area contributed by atoms with E-state index in [1.54, 1.807) is 25.1 Å². The van der Waals surface area contributed by atoms with Crippen molar-refractivity contribution in [3.63, 3.8) is 0 Å². The zero-order chi connectivity index (χ0) is 14.6. The number of nitrogens with one attached hydrogen (secondary N) is 1. The molecule has 0 aromatic heterocycles. The van der Waals surface area contributed by atoms with Crippen molar-refractivity contribution in [1.82, 2.24) is 0 Å². The smallest absolute Gasteiger partial charge is 0.328 e. The van der Waals surface area contributed by atoms with E-state index >= 15 is 0 Å². The van der Waals surface area contributed by atoms with Crippen LogP contribution in [-0.4, -0.2) is 25.0 Å². The number of methoxy groups -OCH3 is 1. The van der Waals surface area contributed by atoms with Gasteiger partial charge in [0.25, 0.3) is 0 Å². The second-order valence-corrected chi connectivity index (χ2v) is 4.78. The summed E-state index contributed by atoms with van der Waals surface area (Å²) in [6.07, 6.45) is 0. The summed E-state index contributed by atoms with van der Waals surface area (Å²) in [7, 11) is 1.36. The van der Waals surface area contributed by atoms with Crippen molar-refractivity contribution in [3.05, 3.63) is 29.3 Å². The standard InChI is InChI=1S/C14H20N2O3/c1-8(2)12(14(18)19-4)16-10-5-6-11(13(15)17)9(3)7-10/h5-8,12,16H,1-4H3,(H2,15,17). The number of hydrogen-bond donors (Lipinski definition) is 2. The number of amides is 1. The number of aryl methyl sites for hydroxylation is 1.